The highest BCUT2D eigenvalue weighted by molar-refractivity contribution is 5.12. The van der Waals surface area contributed by atoms with Gasteiger partial charge >= 0.3 is 0 Å². The van der Waals surface area contributed by atoms with Crippen LogP contribution in [-0.4, -0.2) is 20.2 Å². The van der Waals surface area contributed by atoms with Crippen LogP contribution >= 0.6 is 0 Å². The zero-order valence-corrected chi connectivity index (χ0v) is 9.26. The SMILES string of the molecule is Cn1ncc(Cc2cc(CC3CC3)no2)n1. The summed E-state index contributed by atoms with van der Waals surface area (Å²) in [6.07, 6.45) is 6.16. The van der Waals surface area contributed by atoms with E-state index in [1.54, 1.807) is 11.0 Å². The van der Waals surface area contributed by atoms with Crippen molar-refractivity contribution in [1.82, 2.24) is 20.2 Å². The molecule has 2 aromatic rings. The standard InChI is InChI=1S/C11H14N4O/c1-15-12-7-10(13-15)6-11-5-9(14-16-11)4-8-2-3-8/h5,7-8H,2-4,6H2,1H3. The fourth-order valence-corrected chi connectivity index (χ4v) is 1.80. The van der Waals surface area contributed by atoms with Gasteiger partial charge in [0, 0.05) is 13.1 Å². The number of nitrogens with zero attached hydrogens (tertiary/aromatic N) is 4. The maximum Gasteiger partial charge on any atom is 0.143 e. The van der Waals surface area contributed by atoms with Crippen molar-refractivity contribution in [2.75, 3.05) is 0 Å². The number of hydrogen-bond acceptors (Lipinski definition) is 4. The summed E-state index contributed by atoms with van der Waals surface area (Å²) in [5.41, 5.74) is 1.98. The molecule has 0 aromatic carbocycles. The molecule has 1 fully saturated rings. The average Bonchev–Trinajstić information content (AvgIpc) is 2.80. The third kappa shape index (κ3) is 2.13. The highest BCUT2D eigenvalue weighted by Gasteiger charge is 2.23. The van der Waals surface area contributed by atoms with Gasteiger partial charge in [-0.2, -0.15) is 15.0 Å². The fraction of sp³-hybridized carbons (Fsp3) is 0.545. The van der Waals surface area contributed by atoms with Gasteiger partial charge in [0.2, 0.25) is 0 Å². The van der Waals surface area contributed by atoms with Crippen molar-refractivity contribution in [1.29, 1.82) is 0 Å². The Morgan fingerprint density at radius 1 is 1.44 bits per heavy atom. The Hall–Kier alpha value is -1.65. The van der Waals surface area contributed by atoms with Crippen LogP contribution in [0.1, 0.15) is 30.0 Å². The summed E-state index contributed by atoms with van der Waals surface area (Å²) in [4.78, 5) is 1.55. The number of hydrogen-bond donors (Lipinski definition) is 0. The molecule has 0 amide bonds. The average molecular weight is 218 g/mol. The third-order valence-electron chi connectivity index (χ3n) is 2.80. The molecule has 1 aliphatic carbocycles. The lowest BCUT2D eigenvalue weighted by atomic mass is 10.2. The molecule has 1 saturated carbocycles. The number of rotatable bonds is 4. The molecule has 2 heterocycles. The van der Waals surface area contributed by atoms with Crippen molar-refractivity contribution in [3.05, 3.63) is 29.4 Å². The quantitative estimate of drug-likeness (QED) is 0.777. The highest BCUT2D eigenvalue weighted by Crippen LogP contribution is 2.32. The van der Waals surface area contributed by atoms with Crippen LogP contribution in [0.3, 0.4) is 0 Å². The minimum Gasteiger partial charge on any atom is -0.361 e. The Balaban J connectivity index is 1.67. The molecule has 0 atom stereocenters. The van der Waals surface area contributed by atoms with E-state index in [2.05, 4.69) is 15.4 Å². The van der Waals surface area contributed by atoms with Gasteiger partial charge in [-0.3, -0.25) is 0 Å². The molecule has 5 heteroatoms. The second-order valence-electron chi connectivity index (χ2n) is 4.43. The van der Waals surface area contributed by atoms with Crippen LogP contribution in [0.15, 0.2) is 16.8 Å². The molecular formula is C11H14N4O. The van der Waals surface area contributed by atoms with Gasteiger partial charge in [-0.15, -0.1) is 0 Å². The molecule has 0 spiro atoms. The van der Waals surface area contributed by atoms with E-state index in [0.717, 1.165) is 29.5 Å². The molecule has 16 heavy (non-hydrogen) atoms. The van der Waals surface area contributed by atoms with Crippen molar-refractivity contribution < 1.29 is 4.52 Å². The molecule has 2 aromatic heterocycles. The lowest BCUT2D eigenvalue weighted by Gasteiger charge is -1.88. The summed E-state index contributed by atoms with van der Waals surface area (Å²) in [6.45, 7) is 0. The fourth-order valence-electron chi connectivity index (χ4n) is 1.80. The summed E-state index contributed by atoms with van der Waals surface area (Å²) in [5, 5.41) is 12.3. The second kappa shape index (κ2) is 3.73. The van der Waals surface area contributed by atoms with Gasteiger partial charge in [0.25, 0.3) is 0 Å². The molecule has 0 bridgehead atoms. The van der Waals surface area contributed by atoms with Gasteiger partial charge in [0.1, 0.15) is 5.76 Å². The summed E-state index contributed by atoms with van der Waals surface area (Å²) in [5.74, 6) is 1.71. The van der Waals surface area contributed by atoms with Crippen LogP contribution in [0.25, 0.3) is 0 Å². The predicted molar refractivity (Wildman–Crippen MR) is 56.7 cm³/mol. The van der Waals surface area contributed by atoms with E-state index < -0.39 is 0 Å². The largest absolute Gasteiger partial charge is 0.361 e. The number of aromatic nitrogens is 4. The normalized spacial score (nSPS) is 15.6. The van der Waals surface area contributed by atoms with E-state index >= 15 is 0 Å². The molecule has 0 unspecified atom stereocenters. The number of aryl methyl sites for hydroxylation is 1. The minimum absolute atomic E-state index is 0.672. The Morgan fingerprint density at radius 2 is 2.31 bits per heavy atom. The van der Waals surface area contributed by atoms with Gasteiger partial charge in [0.15, 0.2) is 0 Å². The van der Waals surface area contributed by atoms with Crippen LogP contribution in [0.4, 0.5) is 0 Å². The molecule has 5 nitrogen and oxygen atoms in total. The van der Waals surface area contributed by atoms with Crippen LogP contribution in [0.2, 0.25) is 0 Å². The van der Waals surface area contributed by atoms with Gasteiger partial charge in [-0.25, -0.2) is 0 Å². The van der Waals surface area contributed by atoms with E-state index in [9.17, 15) is 0 Å². The third-order valence-corrected chi connectivity index (χ3v) is 2.80. The summed E-state index contributed by atoms with van der Waals surface area (Å²) in [6, 6.07) is 2.03. The topological polar surface area (TPSA) is 56.7 Å². The van der Waals surface area contributed by atoms with Crippen molar-refractivity contribution in [3.8, 4) is 0 Å². The second-order valence-corrected chi connectivity index (χ2v) is 4.43. The lowest BCUT2D eigenvalue weighted by molar-refractivity contribution is 0.381. The van der Waals surface area contributed by atoms with Gasteiger partial charge in [-0.1, -0.05) is 5.16 Å². The van der Waals surface area contributed by atoms with Crippen LogP contribution in [-0.2, 0) is 19.9 Å². The van der Waals surface area contributed by atoms with Crippen molar-refractivity contribution in [3.63, 3.8) is 0 Å². The first-order chi connectivity index (χ1) is 7.79. The monoisotopic (exact) mass is 218 g/mol. The first kappa shape index (κ1) is 9.57. The van der Waals surface area contributed by atoms with E-state index in [0.29, 0.717) is 6.42 Å². The van der Waals surface area contributed by atoms with Gasteiger partial charge < -0.3 is 4.52 Å². The zero-order valence-electron chi connectivity index (χ0n) is 9.26. The van der Waals surface area contributed by atoms with Gasteiger partial charge in [-0.05, 0) is 25.2 Å². The van der Waals surface area contributed by atoms with Crippen LogP contribution in [0, 0.1) is 5.92 Å². The molecule has 0 radical (unpaired) electrons. The van der Waals surface area contributed by atoms with Crippen molar-refractivity contribution in [2.24, 2.45) is 13.0 Å². The summed E-state index contributed by atoms with van der Waals surface area (Å²) < 4.78 is 5.28. The van der Waals surface area contributed by atoms with E-state index in [1.807, 2.05) is 13.1 Å². The molecule has 0 N–H and O–H groups in total. The molecule has 1 aliphatic rings. The Labute approximate surface area is 93.4 Å². The van der Waals surface area contributed by atoms with Gasteiger partial charge in [0.05, 0.1) is 24.0 Å². The van der Waals surface area contributed by atoms with Crippen LogP contribution in [0.5, 0.6) is 0 Å². The van der Waals surface area contributed by atoms with Crippen molar-refractivity contribution in [2.45, 2.75) is 25.7 Å². The molecule has 0 saturated heterocycles. The highest BCUT2D eigenvalue weighted by atomic mass is 16.5. The minimum atomic E-state index is 0.672. The Bertz CT molecular complexity index is 484. The lowest BCUT2D eigenvalue weighted by Crippen LogP contribution is -1.93. The van der Waals surface area contributed by atoms with Crippen molar-refractivity contribution >= 4 is 0 Å². The molecule has 3 rings (SSSR count). The van der Waals surface area contributed by atoms with E-state index in [1.165, 1.54) is 12.8 Å². The predicted octanol–water partition coefficient (Wildman–Crippen LogP) is 1.35. The maximum absolute atomic E-state index is 5.28. The Morgan fingerprint density at radius 3 is 3.00 bits per heavy atom. The Kier molecular flexibility index (Phi) is 2.23. The maximum atomic E-state index is 5.28. The first-order valence-electron chi connectivity index (χ1n) is 5.59. The first-order valence-corrected chi connectivity index (χ1v) is 5.59. The zero-order chi connectivity index (χ0) is 11.0. The van der Waals surface area contributed by atoms with E-state index in [-0.39, 0.29) is 0 Å². The smallest absolute Gasteiger partial charge is 0.143 e. The summed E-state index contributed by atoms with van der Waals surface area (Å²) >= 11 is 0. The summed E-state index contributed by atoms with van der Waals surface area (Å²) in [7, 11) is 1.81. The van der Waals surface area contributed by atoms with E-state index in [4.69, 9.17) is 4.52 Å². The molecule has 0 aliphatic heterocycles. The molecule has 84 valence electrons. The van der Waals surface area contributed by atoms with Crippen LogP contribution < -0.4 is 0 Å². The molecular weight excluding hydrogens is 204 g/mol.